The summed E-state index contributed by atoms with van der Waals surface area (Å²) in [5, 5.41) is 19.9. The van der Waals surface area contributed by atoms with Gasteiger partial charge in [0.15, 0.2) is 23.2 Å². The predicted octanol–water partition coefficient (Wildman–Crippen LogP) is 5.15. The average Bonchev–Trinajstić information content (AvgIpc) is 2.97. The number of phenolic OH excluding ortho intramolecular Hbond substituents is 1. The molecule has 0 unspecified atom stereocenters. The number of hydrogen-bond acceptors (Lipinski definition) is 3. The molecule has 0 saturated carbocycles. The van der Waals surface area contributed by atoms with Crippen LogP contribution in [0.2, 0.25) is 0 Å². The molecule has 1 atom stereocenters. The number of carboxylic acids is 1. The molecule has 2 N–H and O–H groups in total. The van der Waals surface area contributed by atoms with E-state index in [0.29, 0.717) is 0 Å². The number of benzene rings is 2. The number of aromatic hydroxyl groups is 1. The van der Waals surface area contributed by atoms with E-state index in [1.54, 1.807) is 20.8 Å². The summed E-state index contributed by atoms with van der Waals surface area (Å²) >= 11 is 0. The van der Waals surface area contributed by atoms with E-state index in [1.807, 2.05) is 0 Å². The lowest BCUT2D eigenvalue weighted by Gasteiger charge is -2.39. The van der Waals surface area contributed by atoms with Gasteiger partial charge in [0.25, 0.3) is 5.91 Å². The van der Waals surface area contributed by atoms with E-state index in [2.05, 4.69) is 0 Å². The molecule has 0 aliphatic carbocycles. The van der Waals surface area contributed by atoms with E-state index in [0.717, 1.165) is 28.8 Å². The molecule has 3 rings (SSSR count). The number of hydrogen-bond donors (Lipinski definition) is 2. The van der Waals surface area contributed by atoms with E-state index in [9.17, 15) is 28.6 Å². The molecule has 3 aromatic rings. The fourth-order valence-electron chi connectivity index (χ4n) is 3.89. The lowest BCUT2D eigenvalue weighted by Crippen LogP contribution is -2.45. The van der Waals surface area contributed by atoms with Gasteiger partial charge in [-0.1, -0.05) is 20.8 Å². The fourth-order valence-corrected chi connectivity index (χ4v) is 3.89. The number of carbonyl (C=O) groups excluding carboxylic acids is 1. The van der Waals surface area contributed by atoms with Gasteiger partial charge in [0, 0.05) is 22.2 Å². The highest BCUT2D eigenvalue weighted by atomic mass is 19.2. The Morgan fingerprint density at radius 2 is 1.58 bits per heavy atom. The molecule has 0 radical (unpaired) electrons. The molecule has 2 aromatic carbocycles. The van der Waals surface area contributed by atoms with Crippen LogP contribution in [0.3, 0.4) is 0 Å². The third-order valence-electron chi connectivity index (χ3n) is 6.09. The summed E-state index contributed by atoms with van der Waals surface area (Å²) in [5.41, 5.74) is -2.64. The van der Waals surface area contributed by atoms with Gasteiger partial charge in [-0.2, -0.15) is 0 Å². The van der Waals surface area contributed by atoms with Crippen molar-refractivity contribution in [3.8, 4) is 5.75 Å². The van der Waals surface area contributed by atoms with Crippen LogP contribution in [0.5, 0.6) is 5.75 Å². The lowest BCUT2D eigenvalue weighted by molar-refractivity contribution is -0.147. The number of carbonyl (C=O) groups is 2. The van der Waals surface area contributed by atoms with Crippen molar-refractivity contribution < 1.29 is 33.0 Å². The van der Waals surface area contributed by atoms with E-state index >= 15 is 4.39 Å². The average molecular weight is 433 g/mol. The van der Waals surface area contributed by atoms with E-state index < -0.39 is 45.9 Å². The second-order valence-corrected chi connectivity index (χ2v) is 8.70. The van der Waals surface area contributed by atoms with Crippen LogP contribution in [0.4, 0.5) is 13.2 Å². The Labute approximate surface area is 176 Å². The number of rotatable bonds is 3. The van der Waals surface area contributed by atoms with Crippen LogP contribution in [0, 0.1) is 29.8 Å². The van der Waals surface area contributed by atoms with Crippen LogP contribution in [0.15, 0.2) is 30.3 Å². The van der Waals surface area contributed by atoms with Crippen molar-refractivity contribution in [2.24, 2.45) is 5.41 Å². The molecule has 8 heteroatoms. The van der Waals surface area contributed by atoms with Crippen LogP contribution in [0.1, 0.15) is 49.3 Å². The number of carboxylic acid groups (broad SMARTS) is 1. The Morgan fingerprint density at radius 3 is 2.10 bits per heavy atom. The highest BCUT2D eigenvalue weighted by Crippen LogP contribution is 2.48. The first kappa shape index (κ1) is 22.4. The topological polar surface area (TPSA) is 79.5 Å². The fraction of sp³-hybridized carbons (Fsp3) is 0.304. The minimum Gasteiger partial charge on any atom is -0.505 e. The van der Waals surface area contributed by atoms with Crippen molar-refractivity contribution in [2.75, 3.05) is 0 Å². The molecular weight excluding hydrogens is 411 g/mol. The van der Waals surface area contributed by atoms with Gasteiger partial charge in [-0.05, 0) is 49.6 Å². The highest BCUT2D eigenvalue weighted by molar-refractivity contribution is 6.06. The molecule has 0 amide bonds. The van der Waals surface area contributed by atoms with Crippen molar-refractivity contribution in [2.45, 2.75) is 40.0 Å². The summed E-state index contributed by atoms with van der Waals surface area (Å²) in [6.45, 7) is 7.88. The van der Waals surface area contributed by atoms with Crippen LogP contribution >= 0.6 is 0 Å². The van der Waals surface area contributed by atoms with Gasteiger partial charge in [0.05, 0.1) is 10.9 Å². The maximum Gasteiger partial charge on any atom is 0.314 e. The van der Waals surface area contributed by atoms with Crippen LogP contribution in [-0.2, 0) is 10.2 Å². The van der Waals surface area contributed by atoms with Gasteiger partial charge in [0.2, 0.25) is 0 Å². The van der Waals surface area contributed by atoms with Crippen LogP contribution < -0.4 is 0 Å². The molecular formula is C23H22F3NO4. The van der Waals surface area contributed by atoms with Crippen LogP contribution in [-0.4, -0.2) is 26.7 Å². The van der Waals surface area contributed by atoms with Crippen molar-refractivity contribution in [3.05, 3.63) is 64.6 Å². The van der Waals surface area contributed by atoms with Gasteiger partial charge in [0.1, 0.15) is 0 Å². The van der Waals surface area contributed by atoms with Gasteiger partial charge in [-0.3, -0.25) is 14.2 Å². The summed E-state index contributed by atoms with van der Waals surface area (Å²) in [6.07, 6.45) is 0. The minimum atomic E-state index is -1.66. The number of halogens is 3. The lowest BCUT2D eigenvalue weighted by atomic mass is 9.63. The molecule has 0 aliphatic heterocycles. The van der Waals surface area contributed by atoms with Crippen LogP contribution in [0.25, 0.3) is 10.9 Å². The Morgan fingerprint density at radius 1 is 0.968 bits per heavy atom. The maximum atomic E-state index is 15.1. The first-order chi connectivity index (χ1) is 14.2. The molecule has 0 spiro atoms. The smallest absolute Gasteiger partial charge is 0.314 e. The summed E-state index contributed by atoms with van der Waals surface area (Å²) in [6, 6.07) is 4.94. The summed E-state index contributed by atoms with van der Waals surface area (Å²) in [7, 11) is 0. The standard InChI is InChI=1S/C23H22F3NO4/c1-11-18(23(5,21(30)31)22(2,3)4)17-15(8-9-16(28)19(17)26)27(11)20(29)12-6-7-13(24)14(25)10-12/h6-10,28H,1-5H3,(H,30,31)/t23-/m1/s1. The second-order valence-electron chi connectivity index (χ2n) is 8.70. The second kappa shape index (κ2) is 7.14. The zero-order chi connectivity index (χ0) is 23.5. The third-order valence-corrected chi connectivity index (χ3v) is 6.09. The molecule has 0 fully saturated rings. The predicted molar refractivity (Wildman–Crippen MR) is 109 cm³/mol. The van der Waals surface area contributed by atoms with Gasteiger partial charge in [-0.25, -0.2) is 13.2 Å². The largest absolute Gasteiger partial charge is 0.505 e. The third kappa shape index (κ3) is 3.17. The number of aromatic nitrogens is 1. The number of nitrogens with zero attached hydrogens (tertiary/aromatic N) is 1. The molecule has 1 heterocycles. The summed E-state index contributed by atoms with van der Waals surface area (Å²) in [4.78, 5) is 25.7. The maximum absolute atomic E-state index is 15.1. The highest BCUT2D eigenvalue weighted by Gasteiger charge is 2.49. The quantitative estimate of drug-likeness (QED) is 0.599. The van der Waals surface area contributed by atoms with Gasteiger partial charge >= 0.3 is 5.97 Å². The van der Waals surface area contributed by atoms with E-state index in [1.165, 1.54) is 19.9 Å². The first-order valence-electron chi connectivity index (χ1n) is 9.49. The van der Waals surface area contributed by atoms with Gasteiger partial charge < -0.3 is 10.2 Å². The molecule has 31 heavy (non-hydrogen) atoms. The Balaban J connectivity index is 2.47. The zero-order valence-electron chi connectivity index (χ0n) is 17.7. The Hall–Kier alpha value is -3.29. The molecule has 0 aliphatic rings. The summed E-state index contributed by atoms with van der Waals surface area (Å²) in [5.74, 6) is -6.16. The monoisotopic (exact) mass is 433 g/mol. The molecule has 0 bridgehead atoms. The Kier molecular flexibility index (Phi) is 5.16. The van der Waals surface area contributed by atoms with E-state index in [-0.39, 0.29) is 27.7 Å². The van der Waals surface area contributed by atoms with E-state index in [4.69, 9.17) is 0 Å². The van der Waals surface area contributed by atoms with Crippen molar-refractivity contribution in [1.29, 1.82) is 0 Å². The molecule has 1 aromatic heterocycles. The first-order valence-corrected chi connectivity index (χ1v) is 9.49. The van der Waals surface area contributed by atoms with Crippen molar-refractivity contribution in [1.82, 2.24) is 4.57 Å². The number of phenols is 1. The molecule has 5 nitrogen and oxygen atoms in total. The molecule has 164 valence electrons. The number of fused-ring (bicyclic) bond motifs is 1. The van der Waals surface area contributed by atoms with Crippen molar-refractivity contribution in [3.63, 3.8) is 0 Å². The SMILES string of the molecule is Cc1c([C@](C)(C(=O)O)C(C)(C)C)c2c(F)c(O)ccc2n1C(=O)c1ccc(F)c(F)c1. The minimum absolute atomic E-state index is 0.00857. The van der Waals surface area contributed by atoms with Crippen molar-refractivity contribution >= 4 is 22.8 Å². The molecule has 0 saturated heterocycles. The van der Waals surface area contributed by atoms with Gasteiger partial charge in [-0.15, -0.1) is 0 Å². The zero-order valence-corrected chi connectivity index (χ0v) is 17.7. The normalized spacial score (nSPS) is 13.9. The summed E-state index contributed by atoms with van der Waals surface area (Å²) < 4.78 is 43.3. The Bertz CT molecular complexity index is 1240. The number of aliphatic carboxylic acids is 1.